The predicted molar refractivity (Wildman–Crippen MR) is 131 cm³/mol. The van der Waals surface area contributed by atoms with E-state index in [2.05, 4.69) is 22.1 Å². The normalized spacial score (nSPS) is 16.0. The second-order valence-corrected chi connectivity index (χ2v) is 9.53. The van der Waals surface area contributed by atoms with Crippen LogP contribution in [0.5, 0.6) is 11.5 Å². The molecule has 1 fully saturated rings. The maximum Gasteiger partial charge on any atom is 0.121 e. The van der Waals surface area contributed by atoms with Crippen molar-refractivity contribution in [3.05, 3.63) is 75.5 Å². The number of rotatable bonds is 9. The van der Waals surface area contributed by atoms with Crippen molar-refractivity contribution in [1.82, 2.24) is 14.7 Å². The Morgan fingerprint density at radius 2 is 1.67 bits per heavy atom. The first-order chi connectivity index (χ1) is 15.9. The van der Waals surface area contributed by atoms with E-state index in [4.69, 9.17) is 44.3 Å². The van der Waals surface area contributed by atoms with Crippen LogP contribution >= 0.6 is 34.8 Å². The third kappa shape index (κ3) is 7.01. The van der Waals surface area contributed by atoms with Crippen LogP contribution < -0.4 is 9.47 Å². The Balaban J connectivity index is 1.19. The minimum Gasteiger partial charge on any atom is -0.492 e. The van der Waals surface area contributed by atoms with E-state index < -0.39 is 5.60 Å². The molecule has 176 valence electrons. The first kappa shape index (κ1) is 24.2. The summed E-state index contributed by atoms with van der Waals surface area (Å²) in [7, 11) is 0. The predicted octanol–water partition coefficient (Wildman–Crippen LogP) is 5.33. The summed E-state index contributed by atoms with van der Waals surface area (Å²) in [6, 6.07) is 13.2. The summed E-state index contributed by atoms with van der Waals surface area (Å²) in [6.45, 7) is 3.81. The van der Waals surface area contributed by atoms with Crippen LogP contribution in [0.3, 0.4) is 0 Å². The Morgan fingerprint density at radius 3 is 2.33 bits per heavy atom. The number of halogens is 3. The van der Waals surface area contributed by atoms with Gasteiger partial charge in [-0.05, 0) is 42.7 Å². The molecule has 3 aromatic rings. The molecule has 0 unspecified atom stereocenters. The second-order valence-electron chi connectivity index (χ2n) is 8.28. The topological polar surface area (TPSA) is 59.8 Å². The number of aromatic nitrogens is 2. The van der Waals surface area contributed by atoms with E-state index >= 15 is 0 Å². The highest BCUT2D eigenvalue weighted by Crippen LogP contribution is 2.29. The number of nitrogens with zero attached hydrogens (tertiary/aromatic N) is 3. The van der Waals surface area contributed by atoms with Gasteiger partial charge in [-0.25, -0.2) is 0 Å². The number of hydrogen-bond acceptors (Lipinski definition) is 5. The molecule has 0 atom stereocenters. The zero-order chi connectivity index (χ0) is 23.3. The van der Waals surface area contributed by atoms with Crippen molar-refractivity contribution in [3.63, 3.8) is 0 Å². The smallest absolute Gasteiger partial charge is 0.121 e. The van der Waals surface area contributed by atoms with E-state index in [1.807, 2.05) is 12.1 Å². The van der Waals surface area contributed by atoms with Gasteiger partial charge in [0.2, 0.25) is 0 Å². The Morgan fingerprint density at radius 1 is 0.939 bits per heavy atom. The minimum absolute atomic E-state index is 0.232. The van der Waals surface area contributed by atoms with Crippen molar-refractivity contribution >= 4 is 34.8 Å². The molecule has 0 bridgehead atoms. The average molecular weight is 511 g/mol. The molecule has 1 N–H and O–H groups in total. The average Bonchev–Trinajstić information content (AvgIpc) is 3.22. The molecule has 1 aromatic heterocycles. The van der Waals surface area contributed by atoms with E-state index in [1.165, 1.54) is 5.56 Å². The highest BCUT2D eigenvalue weighted by Gasteiger charge is 2.33. The molecule has 1 saturated heterocycles. The van der Waals surface area contributed by atoms with Gasteiger partial charge in [0.25, 0.3) is 0 Å². The van der Waals surface area contributed by atoms with Crippen molar-refractivity contribution in [3.8, 4) is 11.5 Å². The zero-order valence-electron chi connectivity index (χ0n) is 18.1. The van der Waals surface area contributed by atoms with Crippen LogP contribution in [0, 0.1) is 0 Å². The van der Waals surface area contributed by atoms with Crippen molar-refractivity contribution in [2.24, 2.45) is 0 Å². The lowest BCUT2D eigenvalue weighted by molar-refractivity contribution is -0.0537. The Labute approximate surface area is 208 Å². The van der Waals surface area contributed by atoms with E-state index in [-0.39, 0.29) is 6.61 Å². The summed E-state index contributed by atoms with van der Waals surface area (Å²) >= 11 is 17.8. The zero-order valence-corrected chi connectivity index (χ0v) is 20.4. The fourth-order valence-corrected chi connectivity index (χ4v) is 4.17. The molecule has 2 heterocycles. The highest BCUT2D eigenvalue weighted by molar-refractivity contribution is 6.42. The number of aliphatic hydroxyl groups is 1. The molecule has 0 spiro atoms. The van der Waals surface area contributed by atoms with Crippen LogP contribution in [0.2, 0.25) is 15.1 Å². The lowest BCUT2D eigenvalue weighted by Gasteiger charge is -2.38. The minimum atomic E-state index is -0.848. The van der Waals surface area contributed by atoms with Crippen molar-refractivity contribution in [1.29, 1.82) is 0 Å². The summed E-state index contributed by atoms with van der Waals surface area (Å²) in [5, 5.41) is 16.6. The van der Waals surface area contributed by atoms with Crippen molar-refractivity contribution in [2.45, 2.75) is 31.5 Å². The molecule has 4 rings (SSSR count). The molecule has 33 heavy (non-hydrogen) atoms. The van der Waals surface area contributed by atoms with Crippen molar-refractivity contribution < 1.29 is 14.6 Å². The Bertz CT molecular complexity index is 1050. The van der Waals surface area contributed by atoms with E-state index in [1.54, 1.807) is 35.3 Å². The van der Waals surface area contributed by atoms with E-state index in [0.717, 1.165) is 25.4 Å². The van der Waals surface area contributed by atoms with Crippen molar-refractivity contribution in [2.75, 3.05) is 26.3 Å². The first-order valence-corrected chi connectivity index (χ1v) is 11.9. The van der Waals surface area contributed by atoms with Crippen LogP contribution in [0.4, 0.5) is 0 Å². The maximum atomic E-state index is 10.9. The number of ether oxygens (including phenoxy) is 2. The molecular weight excluding hydrogens is 485 g/mol. The van der Waals surface area contributed by atoms with Gasteiger partial charge in [-0.15, -0.1) is 0 Å². The summed E-state index contributed by atoms with van der Waals surface area (Å²) in [5.41, 5.74) is 0.359. The fourth-order valence-electron chi connectivity index (χ4n) is 3.72. The summed E-state index contributed by atoms with van der Waals surface area (Å²) < 4.78 is 13.3. The lowest BCUT2D eigenvalue weighted by Crippen LogP contribution is -2.47. The molecule has 6 nitrogen and oxygen atoms in total. The van der Waals surface area contributed by atoms with Gasteiger partial charge in [-0.1, -0.05) is 46.9 Å². The van der Waals surface area contributed by atoms with Gasteiger partial charge in [-0.3, -0.25) is 9.58 Å². The molecule has 9 heteroatoms. The van der Waals surface area contributed by atoms with Gasteiger partial charge in [0.05, 0.1) is 27.8 Å². The Kier molecular flexibility index (Phi) is 8.04. The number of likely N-dealkylation sites (tertiary alicyclic amines) is 1. The largest absolute Gasteiger partial charge is 0.492 e. The third-order valence-electron chi connectivity index (χ3n) is 5.71. The third-order valence-corrected chi connectivity index (χ3v) is 6.64. The monoisotopic (exact) mass is 509 g/mol. The van der Waals surface area contributed by atoms with Crippen LogP contribution in [0.1, 0.15) is 18.4 Å². The molecule has 1 aliphatic rings. The quantitative estimate of drug-likeness (QED) is 0.422. The molecule has 0 amide bonds. The number of piperidine rings is 1. The molecular formula is C24H26Cl3N3O3. The standard InChI is InChI=1S/C24H26Cl3N3O3/c25-19-14-28-30(16-19)11-12-32-20-3-1-18(2-4-20)15-29-9-7-24(31,8-10-29)17-33-21-5-6-22(26)23(27)13-21/h1-6,13-14,16,31H,7-12,15,17H2. The van der Waals surface area contributed by atoms with Crippen LogP contribution in [0.15, 0.2) is 54.9 Å². The summed E-state index contributed by atoms with van der Waals surface area (Å²) in [6.07, 6.45) is 4.67. The van der Waals surface area contributed by atoms with Gasteiger partial charge in [0.1, 0.15) is 30.3 Å². The van der Waals surface area contributed by atoms with Crippen LogP contribution in [0.25, 0.3) is 0 Å². The molecule has 1 aliphatic heterocycles. The molecule has 2 aromatic carbocycles. The SMILES string of the molecule is OC1(COc2ccc(Cl)c(Cl)c2)CCN(Cc2ccc(OCCn3cc(Cl)cn3)cc2)CC1. The van der Waals surface area contributed by atoms with Gasteiger partial charge in [0.15, 0.2) is 0 Å². The second kappa shape index (κ2) is 11.0. The number of hydrogen-bond donors (Lipinski definition) is 1. The summed E-state index contributed by atoms with van der Waals surface area (Å²) in [5.74, 6) is 1.43. The first-order valence-electron chi connectivity index (χ1n) is 10.8. The fraction of sp³-hybridized carbons (Fsp3) is 0.375. The molecule has 0 saturated carbocycles. The molecule has 0 aliphatic carbocycles. The maximum absolute atomic E-state index is 10.9. The van der Waals surface area contributed by atoms with Gasteiger partial charge >= 0.3 is 0 Å². The van der Waals surface area contributed by atoms with Gasteiger partial charge in [-0.2, -0.15) is 5.10 Å². The Hall–Kier alpha value is -1.96. The van der Waals surface area contributed by atoms with E-state index in [9.17, 15) is 5.11 Å². The van der Waals surface area contributed by atoms with Gasteiger partial charge in [0, 0.05) is 31.9 Å². The van der Waals surface area contributed by atoms with Crippen LogP contribution in [-0.2, 0) is 13.1 Å². The number of benzene rings is 2. The summed E-state index contributed by atoms with van der Waals surface area (Å²) in [4.78, 5) is 2.34. The molecule has 0 radical (unpaired) electrons. The van der Waals surface area contributed by atoms with Gasteiger partial charge < -0.3 is 14.6 Å². The van der Waals surface area contributed by atoms with E-state index in [0.29, 0.717) is 46.8 Å². The highest BCUT2D eigenvalue weighted by atomic mass is 35.5. The lowest BCUT2D eigenvalue weighted by atomic mass is 9.92. The van der Waals surface area contributed by atoms with Crippen LogP contribution in [-0.4, -0.2) is 51.7 Å².